The molecule has 4 N–H and O–H groups in total. The molecule has 0 bridgehead atoms. The van der Waals surface area contributed by atoms with Gasteiger partial charge in [0.05, 0.1) is 0 Å². The fourth-order valence-corrected chi connectivity index (χ4v) is 2.44. The number of hydrogen-bond acceptors (Lipinski definition) is 3. The Labute approximate surface area is 76.6 Å². The highest BCUT2D eigenvalue weighted by Crippen LogP contribution is 2.53. The maximum atomic E-state index is 6.12. The largest absolute Gasteiger partial charge is 0.330 e. The van der Waals surface area contributed by atoms with Crippen LogP contribution < -0.4 is 11.5 Å². The smallest absolute Gasteiger partial charge is 0.0459 e. The lowest BCUT2D eigenvalue weighted by atomic mass is 9.96. The SMILES string of the molecule is NCC1(C(N)c2cccs2)CC1. The van der Waals surface area contributed by atoms with E-state index < -0.39 is 0 Å². The van der Waals surface area contributed by atoms with Crippen molar-refractivity contribution in [2.24, 2.45) is 16.9 Å². The van der Waals surface area contributed by atoms with Crippen LogP contribution in [0, 0.1) is 5.41 Å². The van der Waals surface area contributed by atoms with Crippen LogP contribution in [0.15, 0.2) is 17.5 Å². The second-order valence-electron chi connectivity index (χ2n) is 3.56. The van der Waals surface area contributed by atoms with Gasteiger partial charge in [-0.15, -0.1) is 11.3 Å². The molecule has 0 spiro atoms. The lowest BCUT2D eigenvalue weighted by molar-refractivity contribution is 0.424. The van der Waals surface area contributed by atoms with Crippen molar-refractivity contribution in [1.82, 2.24) is 0 Å². The van der Waals surface area contributed by atoms with Gasteiger partial charge in [0.25, 0.3) is 0 Å². The predicted octanol–water partition coefficient (Wildman–Crippen LogP) is 1.49. The van der Waals surface area contributed by atoms with E-state index in [1.165, 1.54) is 17.7 Å². The van der Waals surface area contributed by atoms with Crippen LogP contribution in [0.25, 0.3) is 0 Å². The van der Waals surface area contributed by atoms with Crippen molar-refractivity contribution in [2.75, 3.05) is 6.54 Å². The van der Waals surface area contributed by atoms with E-state index >= 15 is 0 Å². The molecular weight excluding hydrogens is 168 g/mol. The molecule has 3 heteroatoms. The highest BCUT2D eigenvalue weighted by atomic mass is 32.1. The van der Waals surface area contributed by atoms with Gasteiger partial charge in [0, 0.05) is 16.3 Å². The highest BCUT2D eigenvalue weighted by molar-refractivity contribution is 7.10. The number of thiophene rings is 1. The summed E-state index contributed by atoms with van der Waals surface area (Å²) in [7, 11) is 0. The van der Waals surface area contributed by atoms with Gasteiger partial charge in [-0.25, -0.2) is 0 Å². The number of hydrogen-bond donors (Lipinski definition) is 2. The topological polar surface area (TPSA) is 52.0 Å². The molecule has 1 saturated carbocycles. The molecule has 0 aromatic carbocycles. The molecule has 1 unspecified atom stereocenters. The summed E-state index contributed by atoms with van der Waals surface area (Å²) in [6.45, 7) is 0.728. The lowest BCUT2D eigenvalue weighted by Crippen LogP contribution is -2.28. The molecule has 1 aromatic heterocycles. The second kappa shape index (κ2) is 2.83. The van der Waals surface area contributed by atoms with Crippen LogP contribution in [-0.2, 0) is 0 Å². The van der Waals surface area contributed by atoms with Gasteiger partial charge in [-0.2, -0.15) is 0 Å². The van der Waals surface area contributed by atoms with Crippen LogP contribution in [0.1, 0.15) is 23.8 Å². The fraction of sp³-hybridized carbons (Fsp3) is 0.556. The lowest BCUT2D eigenvalue weighted by Gasteiger charge is -2.19. The third kappa shape index (κ3) is 1.18. The first-order valence-electron chi connectivity index (χ1n) is 4.27. The first kappa shape index (κ1) is 8.23. The molecule has 12 heavy (non-hydrogen) atoms. The zero-order valence-corrected chi connectivity index (χ0v) is 7.81. The van der Waals surface area contributed by atoms with Gasteiger partial charge >= 0.3 is 0 Å². The predicted molar refractivity (Wildman–Crippen MR) is 52.0 cm³/mol. The Bertz CT molecular complexity index is 252. The van der Waals surface area contributed by atoms with Gasteiger partial charge in [0.15, 0.2) is 0 Å². The molecule has 66 valence electrons. The van der Waals surface area contributed by atoms with Crippen LogP contribution in [-0.4, -0.2) is 6.54 Å². The van der Waals surface area contributed by atoms with E-state index in [-0.39, 0.29) is 11.5 Å². The Balaban J connectivity index is 2.15. The summed E-state index contributed by atoms with van der Waals surface area (Å²) in [5, 5.41) is 2.07. The van der Waals surface area contributed by atoms with Crippen molar-refractivity contribution in [3.63, 3.8) is 0 Å². The van der Waals surface area contributed by atoms with E-state index in [1.54, 1.807) is 11.3 Å². The maximum Gasteiger partial charge on any atom is 0.0459 e. The minimum absolute atomic E-state index is 0.169. The first-order chi connectivity index (χ1) is 5.78. The molecule has 0 saturated heterocycles. The van der Waals surface area contributed by atoms with Crippen molar-refractivity contribution >= 4 is 11.3 Å². The highest BCUT2D eigenvalue weighted by Gasteiger charge is 2.47. The molecule has 1 aliphatic carbocycles. The zero-order valence-electron chi connectivity index (χ0n) is 6.99. The average molecular weight is 182 g/mol. The van der Waals surface area contributed by atoms with Crippen LogP contribution in [0.4, 0.5) is 0 Å². The van der Waals surface area contributed by atoms with Crippen LogP contribution >= 0.6 is 11.3 Å². The van der Waals surface area contributed by atoms with Crippen molar-refractivity contribution in [1.29, 1.82) is 0 Å². The monoisotopic (exact) mass is 182 g/mol. The van der Waals surface area contributed by atoms with Crippen LogP contribution in [0.5, 0.6) is 0 Å². The van der Waals surface area contributed by atoms with Gasteiger partial charge < -0.3 is 11.5 Å². The van der Waals surface area contributed by atoms with Gasteiger partial charge in [0.1, 0.15) is 0 Å². The van der Waals surface area contributed by atoms with Crippen molar-refractivity contribution in [2.45, 2.75) is 18.9 Å². The van der Waals surface area contributed by atoms with Gasteiger partial charge in [-0.3, -0.25) is 0 Å². The number of nitrogens with two attached hydrogens (primary N) is 2. The molecule has 2 nitrogen and oxygen atoms in total. The molecule has 0 aliphatic heterocycles. The Hall–Kier alpha value is -0.380. The summed E-state index contributed by atoms with van der Waals surface area (Å²) in [5.74, 6) is 0. The normalized spacial score (nSPS) is 22.2. The molecule has 2 rings (SSSR count). The van der Waals surface area contributed by atoms with Crippen molar-refractivity contribution < 1.29 is 0 Å². The summed E-state index contributed by atoms with van der Waals surface area (Å²) in [6.07, 6.45) is 2.39. The minimum atomic E-state index is 0.169. The molecule has 1 aromatic rings. The Morgan fingerprint density at radius 1 is 1.58 bits per heavy atom. The summed E-state index contributed by atoms with van der Waals surface area (Å²) >= 11 is 1.73. The van der Waals surface area contributed by atoms with Gasteiger partial charge in [-0.05, 0) is 30.8 Å². The van der Waals surface area contributed by atoms with E-state index in [4.69, 9.17) is 11.5 Å². The van der Waals surface area contributed by atoms with E-state index in [0.717, 1.165) is 6.54 Å². The summed E-state index contributed by atoms with van der Waals surface area (Å²) in [6, 6.07) is 4.32. The van der Waals surface area contributed by atoms with E-state index in [1.807, 2.05) is 6.07 Å². The summed E-state index contributed by atoms with van der Waals surface area (Å²) in [4.78, 5) is 1.28. The number of rotatable bonds is 3. The first-order valence-corrected chi connectivity index (χ1v) is 5.15. The summed E-state index contributed by atoms with van der Waals surface area (Å²) in [5.41, 5.74) is 12.1. The Kier molecular flexibility index (Phi) is 1.94. The molecule has 0 radical (unpaired) electrons. The third-order valence-corrected chi connectivity index (χ3v) is 3.76. The fourth-order valence-electron chi connectivity index (χ4n) is 1.57. The van der Waals surface area contributed by atoms with E-state index in [0.29, 0.717) is 0 Å². The average Bonchev–Trinajstić information content (AvgIpc) is 2.71. The van der Waals surface area contributed by atoms with Gasteiger partial charge in [-0.1, -0.05) is 6.07 Å². The second-order valence-corrected chi connectivity index (χ2v) is 4.54. The van der Waals surface area contributed by atoms with E-state index in [2.05, 4.69) is 11.4 Å². The van der Waals surface area contributed by atoms with Crippen molar-refractivity contribution in [3.8, 4) is 0 Å². The maximum absolute atomic E-state index is 6.12. The molecule has 1 heterocycles. The zero-order chi connectivity index (χ0) is 8.60. The van der Waals surface area contributed by atoms with Crippen molar-refractivity contribution in [3.05, 3.63) is 22.4 Å². The molecule has 1 atom stereocenters. The minimum Gasteiger partial charge on any atom is -0.330 e. The third-order valence-electron chi connectivity index (χ3n) is 2.81. The quantitative estimate of drug-likeness (QED) is 0.744. The van der Waals surface area contributed by atoms with Crippen LogP contribution in [0.3, 0.4) is 0 Å². The van der Waals surface area contributed by atoms with Gasteiger partial charge in [0.2, 0.25) is 0 Å². The molecular formula is C9H14N2S. The van der Waals surface area contributed by atoms with E-state index in [9.17, 15) is 0 Å². The molecule has 1 aliphatic rings. The molecule has 0 amide bonds. The Morgan fingerprint density at radius 2 is 2.33 bits per heavy atom. The summed E-state index contributed by atoms with van der Waals surface area (Å²) < 4.78 is 0. The Morgan fingerprint density at radius 3 is 2.75 bits per heavy atom. The molecule has 1 fully saturated rings. The standard InChI is InChI=1S/C9H14N2S/c10-6-9(3-4-9)8(11)7-2-1-5-12-7/h1-2,5,8H,3-4,6,10-11H2. The van der Waals surface area contributed by atoms with Crippen LogP contribution in [0.2, 0.25) is 0 Å².